The zero-order valence-electron chi connectivity index (χ0n) is 21.3. The molecule has 0 radical (unpaired) electrons. The third-order valence-electron chi connectivity index (χ3n) is 5.18. The van der Waals surface area contributed by atoms with E-state index in [1.807, 2.05) is 24.3 Å². The summed E-state index contributed by atoms with van der Waals surface area (Å²) in [6.07, 6.45) is 3.71. The number of carbonyl (C=O) groups is 3. The highest BCUT2D eigenvalue weighted by molar-refractivity contribution is 9.10. The van der Waals surface area contributed by atoms with Crippen molar-refractivity contribution in [2.45, 2.75) is 6.92 Å². The summed E-state index contributed by atoms with van der Waals surface area (Å²) >= 11 is 3.45. The van der Waals surface area contributed by atoms with Gasteiger partial charge in [-0.3, -0.25) is 19.3 Å². The maximum atomic E-state index is 12.6. The fourth-order valence-corrected chi connectivity index (χ4v) is 3.81. The van der Waals surface area contributed by atoms with Crippen LogP contribution in [0, 0.1) is 0 Å². The predicted molar refractivity (Wildman–Crippen MR) is 148 cm³/mol. The van der Waals surface area contributed by atoms with Crippen LogP contribution >= 0.6 is 15.9 Å². The van der Waals surface area contributed by atoms with Gasteiger partial charge < -0.3 is 25.4 Å². The van der Waals surface area contributed by atoms with Crippen LogP contribution in [0.4, 0.5) is 17.2 Å². The number of hydrogen-bond acceptors (Lipinski definition) is 9. The molecule has 0 unspecified atom stereocenters. The Bertz CT molecular complexity index is 1330. The van der Waals surface area contributed by atoms with Crippen molar-refractivity contribution < 1.29 is 23.9 Å². The summed E-state index contributed by atoms with van der Waals surface area (Å²) in [5.41, 5.74) is 1.83. The summed E-state index contributed by atoms with van der Waals surface area (Å²) in [6, 6.07) is 11.0. The Kier molecular flexibility index (Phi) is 10.6. The van der Waals surface area contributed by atoms with Crippen LogP contribution in [0.25, 0.3) is 10.9 Å². The number of ether oxygens (including phenoxy) is 2. The molecule has 0 fully saturated rings. The average Bonchev–Trinajstić information content (AvgIpc) is 2.87. The molecule has 0 spiro atoms. The number of nitrogens with one attached hydrogen (secondary N) is 3. The molecule has 3 aromatic rings. The van der Waals surface area contributed by atoms with E-state index in [1.165, 1.54) is 13.4 Å². The first-order valence-electron chi connectivity index (χ1n) is 11.8. The van der Waals surface area contributed by atoms with Gasteiger partial charge in [-0.25, -0.2) is 9.97 Å². The van der Waals surface area contributed by atoms with Crippen LogP contribution in [0.1, 0.15) is 6.92 Å². The lowest BCUT2D eigenvalue weighted by Crippen LogP contribution is -2.35. The van der Waals surface area contributed by atoms with Gasteiger partial charge in [0.25, 0.3) is 0 Å². The van der Waals surface area contributed by atoms with Gasteiger partial charge >= 0.3 is 5.97 Å². The number of halogens is 1. The molecule has 200 valence electrons. The van der Waals surface area contributed by atoms with Crippen molar-refractivity contribution in [3.63, 3.8) is 0 Å². The number of esters is 1. The number of amides is 2. The number of rotatable bonds is 12. The lowest BCUT2D eigenvalue weighted by molar-refractivity contribution is -0.144. The van der Waals surface area contributed by atoms with Gasteiger partial charge in [0, 0.05) is 46.9 Å². The smallest absolute Gasteiger partial charge is 0.320 e. The second-order valence-corrected chi connectivity index (χ2v) is 9.00. The van der Waals surface area contributed by atoms with Crippen LogP contribution in [0.5, 0.6) is 5.75 Å². The van der Waals surface area contributed by atoms with E-state index in [-0.39, 0.29) is 12.5 Å². The van der Waals surface area contributed by atoms with E-state index < -0.39 is 11.8 Å². The second-order valence-electron chi connectivity index (χ2n) is 8.08. The molecule has 38 heavy (non-hydrogen) atoms. The number of methoxy groups -OCH3 is 1. The van der Waals surface area contributed by atoms with Crippen molar-refractivity contribution in [2.75, 3.05) is 51.0 Å². The van der Waals surface area contributed by atoms with Gasteiger partial charge in [-0.2, -0.15) is 0 Å². The zero-order chi connectivity index (χ0) is 27.5. The molecule has 0 bridgehead atoms. The third-order valence-corrected chi connectivity index (χ3v) is 5.68. The third kappa shape index (κ3) is 8.53. The Balaban J connectivity index is 1.64. The number of nitrogens with zero attached hydrogens (tertiary/aromatic N) is 3. The summed E-state index contributed by atoms with van der Waals surface area (Å²) in [4.78, 5) is 46.5. The van der Waals surface area contributed by atoms with E-state index in [4.69, 9.17) is 9.47 Å². The molecule has 3 rings (SSSR count). The molecule has 2 amide bonds. The molecule has 11 nitrogen and oxygen atoms in total. The maximum absolute atomic E-state index is 12.6. The summed E-state index contributed by atoms with van der Waals surface area (Å²) in [5.74, 6) is -0.334. The van der Waals surface area contributed by atoms with Crippen molar-refractivity contribution in [2.24, 2.45) is 0 Å². The number of fused-ring (bicyclic) bond motifs is 1. The highest BCUT2D eigenvalue weighted by Gasteiger charge is 2.13. The van der Waals surface area contributed by atoms with Crippen LogP contribution in [0.15, 0.2) is 59.4 Å². The van der Waals surface area contributed by atoms with Gasteiger partial charge in [0.05, 0.1) is 31.5 Å². The van der Waals surface area contributed by atoms with E-state index in [2.05, 4.69) is 41.8 Å². The van der Waals surface area contributed by atoms with Crippen molar-refractivity contribution in [1.29, 1.82) is 0 Å². The summed E-state index contributed by atoms with van der Waals surface area (Å²) in [5, 5.41) is 9.33. The summed E-state index contributed by atoms with van der Waals surface area (Å²) in [6.45, 7) is 2.93. The lowest BCUT2D eigenvalue weighted by atomic mass is 10.2. The SMILES string of the molecule is CCOC(=O)CN(C)CCNC(=O)C=CC(=O)Nc1cc2c(Nc3cccc(Br)c3)ncnc2cc1OC. The molecular weight excluding hydrogens is 556 g/mol. The molecule has 0 aliphatic carbocycles. The molecule has 0 atom stereocenters. The topological polar surface area (TPSA) is 135 Å². The number of aromatic nitrogens is 2. The average molecular weight is 585 g/mol. The summed E-state index contributed by atoms with van der Waals surface area (Å²) < 4.78 is 11.2. The van der Waals surface area contributed by atoms with Crippen LogP contribution in [-0.2, 0) is 19.1 Å². The van der Waals surface area contributed by atoms with E-state index in [0.717, 1.165) is 22.3 Å². The van der Waals surface area contributed by atoms with Gasteiger partial charge in [0.2, 0.25) is 11.8 Å². The Hall–Kier alpha value is -4.03. The van der Waals surface area contributed by atoms with Crippen LogP contribution < -0.4 is 20.7 Å². The fraction of sp³-hybridized carbons (Fsp3) is 0.269. The first-order chi connectivity index (χ1) is 18.3. The molecular formula is C26H29BrN6O5. The van der Waals surface area contributed by atoms with E-state index in [9.17, 15) is 14.4 Å². The monoisotopic (exact) mass is 584 g/mol. The van der Waals surface area contributed by atoms with Crippen molar-refractivity contribution in [3.05, 3.63) is 59.4 Å². The Morgan fingerprint density at radius 1 is 1.11 bits per heavy atom. The number of carbonyl (C=O) groups excluding carboxylic acids is 3. The van der Waals surface area contributed by atoms with Crippen molar-refractivity contribution in [3.8, 4) is 5.75 Å². The Labute approximate surface area is 228 Å². The highest BCUT2D eigenvalue weighted by atomic mass is 79.9. The van der Waals surface area contributed by atoms with Gasteiger partial charge in [0.1, 0.15) is 17.9 Å². The number of likely N-dealkylation sites (N-methyl/N-ethyl adjacent to an activating group) is 1. The molecule has 12 heteroatoms. The second kappa shape index (κ2) is 14.1. The lowest BCUT2D eigenvalue weighted by Gasteiger charge is -2.15. The largest absolute Gasteiger partial charge is 0.494 e. The van der Waals surface area contributed by atoms with Crippen LogP contribution in [-0.4, -0.2) is 73.1 Å². The molecule has 1 heterocycles. The molecule has 0 saturated carbocycles. The molecule has 3 N–H and O–H groups in total. The maximum Gasteiger partial charge on any atom is 0.320 e. The molecule has 1 aromatic heterocycles. The first-order valence-corrected chi connectivity index (χ1v) is 12.5. The minimum atomic E-state index is -0.518. The quantitative estimate of drug-likeness (QED) is 0.216. The minimum Gasteiger partial charge on any atom is -0.494 e. The highest BCUT2D eigenvalue weighted by Crippen LogP contribution is 2.33. The van der Waals surface area contributed by atoms with Crippen molar-refractivity contribution in [1.82, 2.24) is 20.2 Å². The molecule has 2 aromatic carbocycles. The standard InChI is InChI=1S/C26H29BrN6O5/c1-4-38-25(36)15-33(2)11-10-28-23(34)8-9-24(35)32-21-13-19-20(14-22(21)37-3)29-16-30-26(19)31-18-7-5-6-17(27)12-18/h5-9,12-14,16H,4,10-11,15H2,1-3H3,(H,28,34)(H,32,35)(H,29,30,31). The van der Waals surface area contributed by atoms with Crippen molar-refractivity contribution >= 4 is 61.8 Å². The molecule has 0 saturated heterocycles. The number of benzene rings is 2. The molecule has 0 aliphatic rings. The van der Waals surface area contributed by atoms with E-state index >= 15 is 0 Å². The zero-order valence-corrected chi connectivity index (χ0v) is 22.9. The van der Waals surface area contributed by atoms with Gasteiger partial charge in [0.15, 0.2) is 0 Å². The van der Waals surface area contributed by atoms with Crippen LogP contribution in [0.2, 0.25) is 0 Å². The van der Waals surface area contributed by atoms with E-state index in [1.54, 1.807) is 31.0 Å². The summed E-state index contributed by atoms with van der Waals surface area (Å²) in [7, 11) is 3.23. The van der Waals surface area contributed by atoms with Gasteiger partial charge in [-0.1, -0.05) is 22.0 Å². The minimum absolute atomic E-state index is 0.126. The molecule has 0 aliphatic heterocycles. The normalized spacial score (nSPS) is 11.0. The van der Waals surface area contributed by atoms with Crippen LogP contribution in [0.3, 0.4) is 0 Å². The number of hydrogen-bond donors (Lipinski definition) is 3. The van der Waals surface area contributed by atoms with Gasteiger partial charge in [-0.15, -0.1) is 0 Å². The fourth-order valence-electron chi connectivity index (χ4n) is 3.41. The Morgan fingerprint density at radius 3 is 2.63 bits per heavy atom. The number of anilines is 3. The first kappa shape index (κ1) is 28.5. The van der Waals surface area contributed by atoms with E-state index in [0.29, 0.717) is 47.9 Å². The van der Waals surface area contributed by atoms with Gasteiger partial charge in [-0.05, 0) is 38.2 Å². The Morgan fingerprint density at radius 2 is 1.89 bits per heavy atom. The predicted octanol–water partition coefficient (Wildman–Crippen LogP) is 3.25.